The second-order valence-electron chi connectivity index (χ2n) is 8.07. The average Bonchev–Trinajstić information content (AvgIpc) is 3.27. The molecule has 0 amide bonds. The minimum Gasteiger partial charge on any atom is -0.490 e. The molecular weight excluding hydrogens is 386 g/mol. The van der Waals surface area contributed by atoms with Gasteiger partial charge in [-0.3, -0.25) is 0 Å². The molecule has 0 radical (unpaired) electrons. The lowest BCUT2D eigenvalue weighted by Gasteiger charge is -2.23. The molecule has 1 N–H and O–H groups in total. The van der Waals surface area contributed by atoms with Crippen LogP contribution in [0.5, 0.6) is 5.75 Å². The monoisotopic (exact) mass is 413 g/mol. The summed E-state index contributed by atoms with van der Waals surface area (Å²) < 4.78 is 12.1. The van der Waals surface area contributed by atoms with Gasteiger partial charge in [0.2, 0.25) is 0 Å². The number of aryl methyl sites for hydroxylation is 2. The minimum absolute atomic E-state index is 0.164. The van der Waals surface area contributed by atoms with E-state index in [1.54, 1.807) is 6.20 Å². The van der Waals surface area contributed by atoms with Gasteiger partial charge in [0, 0.05) is 12.8 Å². The largest absolute Gasteiger partial charge is 0.490 e. The van der Waals surface area contributed by atoms with Gasteiger partial charge in [-0.1, -0.05) is 36.4 Å². The van der Waals surface area contributed by atoms with Crippen LogP contribution in [0.15, 0.2) is 66.9 Å². The van der Waals surface area contributed by atoms with Gasteiger partial charge in [-0.25, -0.2) is 9.97 Å². The van der Waals surface area contributed by atoms with Crippen molar-refractivity contribution < 1.29 is 9.47 Å². The van der Waals surface area contributed by atoms with Crippen LogP contribution in [-0.4, -0.2) is 34.3 Å². The minimum atomic E-state index is 0.164. The Labute approximate surface area is 182 Å². The quantitative estimate of drug-likeness (QED) is 0.443. The van der Waals surface area contributed by atoms with Crippen LogP contribution in [0.2, 0.25) is 0 Å². The van der Waals surface area contributed by atoms with Crippen molar-refractivity contribution in [3.63, 3.8) is 0 Å². The number of H-pyrrole nitrogens is 1. The number of rotatable bonds is 7. The molecule has 0 saturated carbocycles. The summed E-state index contributed by atoms with van der Waals surface area (Å²) in [5.74, 6) is 1.62. The molecule has 0 spiro atoms. The van der Waals surface area contributed by atoms with Crippen molar-refractivity contribution in [3.8, 4) is 17.1 Å². The molecule has 1 fully saturated rings. The molecule has 2 aromatic carbocycles. The fourth-order valence-electron chi connectivity index (χ4n) is 4.07. The van der Waals surface area contributed by atoms with Gasteiger partial charge in [-0.15, -0.1) is 0 Å². The molecule has 5 rings (SSSR count). The predicted molar refractivity (Wildman–Crippen MR) is 122 cm³/mol. The van der Waals surface area contributed by atoms with Gasteiger partial charge in [-0.2, -0.15) is 0 Å². The Morgan fingerprint density at radius 3 is 2.71 bits per heavy atom. The maximum Gasteiger partial charge on any atom is 0.157 e. The molecule has 3 heterocycles. The SMILES string of the molecule is c1ccc(CCc2ccc(OCC3CCCCO3)c(-c3nc4cccnc4[nH]3)c2)cc1. The first-order chi connectivity index (χ1) is 15.3. The summed E-state index contributed by atoms with van der Waals surface area (Å²) in [7, 11) is 0. The van der Waals surface area contributed by atoms with Gasteiger partial charge in [0.1, 0.15) is 23.7 Å². The number of hydrogen-bond acceptors (Lipinski definition) is 4. The van der Waals surface area contributed by atoms with Crippen LogP contribution in [0, 0.1) is 0 Å². The van der Waals surface area contributed by atoms with Crippen molar-refractivity contribution in [2.45, 2.75) is 38.2 Å². The Hall–Kier alpha value is -3.18. The van der Waals surface area contributed by atoms with Gasteiger partial charge in [-0.05, 0) is 67.5 Å². The normalized spacial score (nSPS) is 16.5. The number of nitrogens with zero attached hydrogens (tertiary/aromatic N) is 2. The van der Waals surface area contributed by atoms with Crippen LogP contribution in [-0.2, 0) is 17.6 Å². The summed E-state index contributed by atoms with van der Waals surface area (Å²) in [4.78, 5) is 12.5. The lowest BCUT2D eigenvalue weighted by molar-refractivity contribution is -0.0109. The molecule has 31 heavy (non-hydrogen) atoms. The van der Waals surface area contributed by atoms with Crippen molar-refractivity contribution in [2.24, 2.45) is 0 Å². The van der Waals surface area contributed by atoms with Crippen LogP contribution >= 0.6 is 0 Å². The smallest absolute Gasteiger partial charge is 0.157 e. The Bertz CT molecular complexity index is 1100. The van der Waals surface area contributed by atoms with Crippen LogP contribution in [0.25, 0.3) is 22.6 Å². The molecule has 0 aliphatic carbocycles. The van der Waals surface area contributed by atoms with E-state index in [0.29, 0.717) is 6.61 Å². The van der Waals surface area contributed by atoms with Gasteiger partial charge in [0.25, 0.3) is 0 Å². The van der Waals surface area contributed by atoms with Crippen molar-refractivity contribution in [2.75, 3.05) is 13.2 Å². The number of hydrogen-bond donors (Lipinski definition) is 1. The topological polar surface area (TPSA) is 60.0 Å². The summed E-state index contributed by atoms with van der Waals surface area (Å²) in [6.07, 6.45) is 7.30. The van der Waals surface area contributed by atoms with E-state index in [1.165, 1.54) is 17.5 Å². The number of fused-ring (bicyclic) bond motifs is 1. The van der Waals surface area contributed by atoms with Crippen molar-refractivity contribution >= 4 is 11.2 Å². The molecule has 1 unspecified atom stereocenters. The fraction of sp³-hybridized carbons (Fsp3) is 0.308. The van der Waals surface area contributed by atoms with Gasteiger partial charge < -0.3 is 14.5 Å². The highest BCUT2D eigenvalue weighted by Gasteiger charge is 2.17. The molecule has 2 aromatic heterocycles. The second-order valence-corrected chi connectivity index (χ2v) is 8.07. The van der Waals surface area contributed by atoms with E-state index in [9.17, 15) is 0 Å². The van der Waals surface area contributed by atoms with E-state index in [2.05, 4.69) is 58.5 Å². The number of nitrogens with one attached hydrogen (secondary N) is 1. The second kappa shape index (κ2) is 9.31. The van der Waals surface area contributed by atoms with Gasteiger partial charge >= 0.3 is 0 Å². The third-order valence-electron chi connectivity index (χ3n) is 5.80. The maximum atomic E-state index is 6.24. The number of benzene rings is 2. The summed E-state index contributed by atoms with van der Waals surface area (Å²) in [6, 6.07) is 20.9. The molecular formula is C26H27N3O2. The highest BCUT2D eigenvalue weighted by atomic mass is 16.5. The van der Waals surface area contributed by atoms with Crippen molar-refractivity contribution in [1.82, 2.24) is 15.0 Å². The van der Waals surface area contributed by atoms with Crippen LogP contribution < -0.4 is 4.74 Å². The predicted octanol–water partition coefficient (Wildman–Crippen LogP) is 5.36. The van der Waals surface area contributed by atoms with E-state index in [1.807, 2.05) is 12.1 Å². The third kappa shape index (κ3) is 4.78. The van der Waals surface area contributed by atoms with E-state index >= 15 is 0 Å². The van der Waals surface area contributed by atoms with Crippen molar-refractivity contribution in [1.29, 1.82) is 0 Å². The molecule has 1 atom stereocenters. The number of aromatic nitrogens is 3. The molecule has 1 aliphatic heterocycles. The number of aromatic amines is 1. The zero-order chi connectivity index (χ0) is 20.9. The molecule has 1 aliphatic rings. The van der Waals surface area contributed by atoms with Crippen LogP contribution in [0.3, 0.4) is 0 Å². The van der Waals surface area contributed by atoms with Crippen LogP contribution in [0.4, 0.5) is 0 Å². The summed E-state index contributed by atoms with van der Waals surface area (Å²) in [5, 5.41) is 0. The number of imidazole rings is 1. The van der Waals surface area contributed by atoms with E-state index in [0.717, 1.165) is 60.6 Å². The first-order valence-electron chi connectivity index (χ1n) is 11.1. The summed E-state index contributed by atoms with van der Waals surface area (Å²) in [6.45, 7) is 1.39. The first kappa shape index (κ1) is 19.8. The Balaban J connectivity index is 1.41. The summed E-state index contributed by atoms with van der Waals surface area (Å²) >= 11 is 0. The highest BCUT2D eigenvalue weighted by molar-refractivity contribution is 5.77. The molecule has 1 saturated heterocycles. The Morgan fingerprint density at radius 1 is 0.968 bits per heavy atom. The third-order valence-corrected chi connectivity index (χ3v) is 5.80. The van der Waals surface area contributed by atoms with Crippen molar-refractivity contribution in [3.05, 3.63) is 78.0 Å². The molecule has 5 heteroatoms. The number of ether oxygens (including phenoxy) is 2. The standard InChI is InChI=1S/C26H27N3O2/c1-2-7-19(8-3-1)11-12-20-13-14-24(31-18-21-9-4-5-16-30-21)22(17-20)25-28-23-10-6-15-27-26(23)29-25/h1-3,6-8,10,13-15,17,21H,4-5,9,11-12,16,18H2,(H,27,28,29). The Kier molecular flexibility index (Phi) is 5.94. The fourth-order valence-corrected chi connectivity index (χ4v) is 4.07. The molecule has 5 nitrogen and oxygen atoms in total. The maximum absolute atomic E-state index is 6.24. The Morgan fingerprint density at radius 2 is 1.87 bits per heavy atom. The molecule has 4 aromatic rings. The zero-order valence-electron chi connectivity index (χ0n) is 17.6. The summed E-state index contributed by atoms with van der Waals surface area (Å²) in [5.41, 5.74) is 5.21. The van der Waals surface area contributed by atoms with Crippen LogP contribution in [0.1, 0.15) is 30.4 Å². The first-order valence-corrected chi connectivity index (χ1v) is 11.1. The van der Waals surface area contributed by atoms with E-state index in [-0.39, 0.29) is 6.10 Å². The lowest BCUT2D eigenvalue weighted by Crippen LogP contribution is -2.25. The highest BCUT2D eigenvalue weighted by Crippen LogP contribution is 2.31. The average molecular weight is 414 g/mol. The van der Waals surface area contributed by atoms with Gasteiger partial charge in [0.15, 0.2) is 5.65 Å². The lowest BCUT2D eigenvalue weighted by atomic mass is 10.0. The van der Waals surface area contributed by atoms with E-state index in [4.69, 9.17) is 14.5 Å². The zero-order valence-corrected chi connectivity index (χ0v) is 17.6. The van der Waals surface area contributed by atoms with E-state index < -0.39 is 0 Å². The number of pyridine rings is 1. The molecule has 158 valence electrons. The molecule has 0 bridgehead atoms. The van der Waals surface area contributed by atoms with Gasteiger partial charge in [0.05, 0.1) is 11.7 Å².